The largest absolute Gasteiger partial charge is 0.379 e. The topological polar surface area (TPSA) is 56.4 Å². The smallest absolute Gasteiger partial charge is 0.196 e. The van der Waals surface area contributed by atoms with Crippen LogP contribution in [0.5, 0.6) is 0 Å². The van der Waals surface area contributed by atoms with Gasteiger partial charge >= 0.3 is 0 Å². The molecule has 5 nitrogen and oxygen atoms in total. The average molecular weight is 272 g/mol. The number of H-pyrrole nitrogens is 1. The van der Waals surface area contributed by atoms with E-state index < -0.39 is 0 Å². The minimum absolute atomic E-state index is 0.481. The fourth-order valence-electron chi connectivity index (χ4n) is 1.22. The molecule has 0 aliphatic carbocycles. The molecular weight excluding hydrogens is 252 g/mol. The van der Waals surface area contributed by atoms with Gasteiger partial charge in [-0.15, -0.1) is 0 Å². The molecule has 1 N–H and O–H groups in total. The second-order valence-electron chi connectivity index (χ2n) is 3.70. The summed E-state index contributed by atoms with van der Waals surface area (Å²) in [6, 6.07) is 0. The molecule has 0 amide bonds. The van der Waals surface area contributed by atoms with E-state index in [-0.39, 0.29) is 0 Å². The molecule has 1 heterocycles. The number of aromatic nitrogens is 2. The maximum atomic E-state index is 5.43. The van der Waals surface area contributed by atoms with Crippen molar-refractivity contribution < 1.29 is 14.2 Å². The molecule has 1 aromatic heterocycles. The van der Waals surface area contributed by atoms with E-state index in [2.05, 4.69) is 16.9 Å². The standard InChI is InChI=1S/C12H20N2O3S/c1-2-3-15-4-5-16-6-7-17-10-11-8-13-12(18)14-9-11/h8-9H,2-7,10H2,1H3,(H,13,14,18). The highest BCUT2D eigenvalue weighted by atomic mass is 32.1. The number of ether oxygens (including phenoxy) is 3. The van der Waals surface area contributed by atoms with Gasteiger partial charge in [0.05, 0.1) is 33.0 Å². The maximum absolute atomic E-state index is 5.43. The van der Waals surface area contributed by atoms with E-state index in [1.165, 1.54) is 0 Å². The lowest BCUT2D eigenvalue weighted by Gasteiger charge is -2.06. The second-order valence-corrected chi connectivity index (χ2v) is 4.09. The molecule has 0 radical (unpaired) electrons. The summed E-state index contributed by atoms with van der Waals surface area (Å²) in [6.07, 6.45) is 4.55. The second kappa shape index (κ2) is 10.1. The van der Waals surface area contributed by atoms with Crippen LogP contribution in [0.3, 0.4) is 0 Å². The first-order valence-electron chi connectivity index (χ1n) is 6.09. The molecule has 6 heteroatoms. The van der Waals surface area contributed by atoms with Gasteiger partial charge in [-0.2, -0.15) is 0 Å². The zero-order valence-corrected chi connectivity index (χ0v) is 11.5. The monoisotopic (exact) mass is 272 g/mol. The van der Waals surface area contributed by atoms with E-state index >= 15 is 0 Å². The fourth-order valence-corrected chi connectivity index (χ4v) is 1.34. The van der Waals surface area contributed by atoms with Crippen molar-refractivity contribution in [3.63, 3.8) is 0 Å². The van der Waals surface area contributed by atoms with Crippen molar-refractivity contribution in [2.24, 2.45) is 0 Å². The van der Waals surface area contributed by atoms with Crippen LogP contribution in [0.4, 0.5) is 0 Å². The molecule has 0 fully saturated rings. The van der Waals surface area contributed by atoms with Gasteiger partial charge in [0, 0.05) is 24.6 Å². The molecule has 0 atom stereocenters. The highest BCUT2D eigenvalue weighted by Gasteiger charge is 1.94. The summed E-state index contributed by atoms with van der Waals surface area (Å²) in [4.78, 5) is 6.82. The van der Waals surface area contributed by atoms with Crippen molar-refractivity contribution in [2.45, 2.75) is 20.0 Å². The molecule has 0 aliphatic heterocycles. The van der Waals surface area contributed by atoms with Crippen molar-refractivity contribution in [1.29, 1.82) is 0 Å². The molecule has 1 aromatic rings. The van der Waals surface area contributed by atoms with Crippen LogP contribution >= 0.6 is 12.2 Å². The van der Waals surface area contributed by atoms with E-state index in [1.807, 2.05) is 0 Å². The predicted molar refractivity (Wildman–Crippen MR) is 71.0 cm³/mol. The van der Waals surface area contributed by atoms with Crippen molar-refractivity contribution >= 4 is 12.2 Å². The Labute approximate surface area is 112 Å². The highest BCUT2D eigenvalue weighted by Crippen LogP contribution is 1.96. The van der Waals surface area contributed by atoms with Crippen LogP contribution in [0, 0.1) is 4.77 Å². The Kier molecular flexibility index (Phi) is 8.58. The van der Waals surface area contributed by atoms with E-state index in [0.717, 1.165) is 18.6 Å². The number of hydrogen-bond acceptors (Lipinski definition) is 5. The van der Waals surface area contributed by atoms with Gasteiger partial charge in [-0.3, -0.25) is 0 Å². The highest BCUT2D eigenvalue weighted by molar-refractivity contribution is 7.71. The lowest BCUT2D eigenvalue weighted by Crippen LogP contribution is -2.09. The Morgan fingerprint density at radius 1 is 1.11 bits per heavy atom. The summed E-state index contributed by atoms with van der Waals surface area (Å²) in [5.74, 6) is 0. The quantitative estimate of drug-likeness (QED) is 0.522. The number of nitrogens with one attached hydrogen (secondary N) is 1. The molecular formula is C12H20N2O3S. The first-order valence-corrected chi connectivity index (χ1v) is 6.50. The van der Waals surface area contributed by atoms with Crippen LogP contribution in [-0.4, -0.2) is 43.0 Å². The Hall–Kier alpha value is -0.820. The van der Waals surface area contributed by atoms with Crippen LogP contribution in [0.1, 0.15) is 18.9 Å². The van der Waals surface area contributed by atoms with Crippen LogP contribution in [0.25, 0.3) is 0 Å². The number of nitrogens with zero attached hydrogens (tertiary/aromatic N) is 1. The minimum Gasteiger partial charge on any atom is -0.379 e. The van der Waals surface area contributed by atoms with Gasteiger partial charge in [0.25, 0.3) is 0 Å². The molecule has 0 unspecified atom stereocenters. The lowest BCUT2D eigenvalue weighted by molar-refractivity contribution is 0.0106. The third kappa shape index (κ3) is 7.50. The summed E-state index contributed by atoms with van der Waals surface area (Å²) < 4.78 is 16.5. The third-order valence-corrected chi connectivity index (χ3v) is 2.31. The van der Waals surface area contributed by atoms with Gasteiger partial charge in [-0.25, -0.2) is 4.98 Å². The normalized spacial score (nSPS) is 10.7. The van der Waals surface area contributed by atoms with E-state index in [9.17, 15) is 0 Å². The maximum Gasteiger partial charge on any atom is 0.196 e. The van der Waals surface area contributed by atoms with Crippen LogP contribution in [0.2, 0.25) is 0 Å². The molecule has 0 aromatic carbocycles. The molecule has 0 saturated heterocycles. The first-order chi connectivity index (χ1) is 8.83. The molecule has 18 heavy (non-hydrogen) atoms. The van der Waals surface area contributed by atoms with Gasteiger partial charge in [0.1, 0.15) is 0 Å². The summed E-state index contributed by atoms with van der Waals surface area (Å²) in [7, 11) is 0. The number of rotatable bonds is 10. The zero-order valence-electron chi connectivity index (χ0n) is 10.7. The van der Waals surface area contributed by atoms with E-state index in [4.69, 9.17) is 26.4 Å². The average Bonchev–Trinajstić information content (AvgIpc) is 2.39. The van der Waals surface area contributed by atoms with Crippen molar-refractivity contribution in [3.05, 3.63) is 22.7 Å². The Morgan fingerprint density at radius 2 is 1.78 bits per heavy atom. The van der Waals surface area contributed by atoms with Gasteiger partial charge < -0.3 is 19.2 Å². The van der Waals surface area contributed by atoms with Crippen molar-refractivity contribution in [1.82, 2.24) is 9.97 Å². The first kappa shape index (κ1) is 15.2. The predicted octanol–water partition coefficient (Wildman–Crippen LogP) is 2.10. The van der Waals surface area contributed by atoms with Crippen LogP contribution in [-0.2, 0) is 20.8 Å². The van der Waals surface area contributed by atoms with E-state index in [1.54, 1.807) is 12.4 Å². The molecule has 1 rings (SSSR count). The Bertz CT molecular complexity index is 350. The van der Waals surface area contributed by atoms with Crippen LogP contribution < -0.4 is 0 Å². The Morgan fingerprint density at radius 3 is 2.39 bits per heavy atom. The van der Waals surface area contributed by atoms with Crippen molar-refractivity contribution in [2.75, 3.05) is 33.0 Å². The van der Waals surface area contributed by atoms with Gasteiger partial charge in [-0.05, 0) is 18.6 Å². The zero-order chi connectivity index (χ0) is 13.1. The fraction of sp³-hybridized carbons (Fsp3) is 0.667. The van der Waals surface area contributed by atoms with E-state index in [0.29, 0.717) is 37.8 Å². The SMILES string of the molecule is CCCOCCOCCOCc1cnc(=S)[nH]c1. The Balaban J connectivity index is 1.92. The molecule has 102 valence electrons. The molecule has 0 aliphatic rings. The summed E-state index contributed by atoms with van der Waals surface area (Å²) >= 11 is 4.85. The van der Waals surface area contributed by atoms with Gasteiger partial charge in [-0.1, -0.05) is 6.92 Å². The summed E-state index contributed by atoms with van der Waals surface area (Å²) in [5, 5.41) is 0. The number of aromatic amines is 1. The molecule has 0 spiro atoms. The summed E-state index contributed by atoms with van der Waals surface area (Å²) in [6.45, 7) is 5.78. The minimum atomic E-state index is 0.481. The lowest BCUT2D eigenvalue weighted by atomic mass is 10.4. The van der Waals surface area contributed by atoms with Gasteiger partial charge in [0.2, 0.25) is 0 Å². The van der Waals surface area contributed by atoms with Gasteiger partial charge in [0.15, 0.2) is 4.77 Å². The third-order valence-electron chi connectivity index (χ3n) is 2.09. The van der Waals surface area contributed by atoms with Crippen LogP contribution in [0.15, 0.2) is 12.4 Å². The number of hydrogen-bond donors (Lipinski definition) is 1. The molecule has 0 bridgehead atoms. The van der Waals surface area contributed by atoms with Crippen molar-refractivity contribution in [3.8, 4) is 0 Å². The summed E-state index contributed by atoms with van der Waals surface area (Å²) in [5.41, 5.74) is 0.967. The molecule has 0 saturated carbocycles.